The van der Waals surface area contributed by atoms with Crippen molar-refractivity contribution in [2.24, 2.45) is 0 Å². The number of aliphatic hydroxyl groups is 4. The Hall–Kier alpha value is -2.63. The van der Waals surface area contributed by atoms with Gasteiger partial charge >= 0.3 is 27.6 Å². The third-order valence-corrected chi connectivity index (χ3v) is 12.5. The van der Waals surface area contributed by atoms with E-state index >= 15 is 0 Å². The molecule has 0 bridgehead atoms. The number of allylic oxidation sites excluding steroid dienone is 10. The zero-order valence-electron chi connectivity index (χ0n) is 40.5. The molecule has 1 rings (SSSR count). The van der Waals surface area contributed by atoms with E-state index in [1.807, 2.05) is 36.5 Å². The first-order valence-corrected chi connectivity index (χ1v) is 27.8. The fourth-order valence-corrected chi connectivity index (χ4v) is 8.68. The van der Waals surface area contributed by atoms with Crippen LogP contribution in [0.5, 0.6) is 0 Å². The highest BCUT2D eigenvalue weighted by Crippen LogP contribution is 2.49. The number of ketones is 1. The fourth-order valence-electron chi connectivity index (χ4n) is 7.14. The molecule has 0 aliphatic heterocycles. The van der Waals surface area contributed by atoms with Crippen molar-refractivity contribution in [3.05, 3.63) is 60.8 Å². The maximum atomic E-state index is 13.0. The standard InChI is InChI=1S/C49H84O17P2/c1-3-5-7-8-9-10-11-12-13-14-15-16-19-22-25-28-32-36-42(51)62-38-41(39-63-68(60,61)66-49-46(55)44(53)45(54)48(47(49)56)65-67(57,58)59)64-43(52)37-33-29-26-23-20-17-18-21-24-27-31-35-40(50)34-30-6-4-2/h12-13,17-18,23-24,26-27,31,35,41,44-49,53-56H,3-11,14-16,19-22,25,28-30,32-34,36-39H2,1-2H3,(H,60,61)(H2,57,58,59)/b13-12-,18-17-,26-23-,27-24-,35-31+/t41-,44?,45?,46?,47?,48-,49+/m1/s1. The van der Waals surface area contributed by atoms with Crippen LogP contribution in [0.2, 0.25) is 0 Å². The zero-order chi connectivity index (χ0) is 50.5. The van der Waals surface area contributed by atoms with E-state index < -0.39 is 83.5 Å². The van der Waals surface area contributed by atoms with E-state index in [1.165, 1.54) is 38.5 Å². The van der Waals surface area contributed by atoms with Crippen molar-refractivity contribution in [1.82, 2.24) is 0 Å². The minimum Gasteiger partial charge on any atom is -0.462 e. The zero-order valence-corrected chi connectivity index (χ0v) is 42.3. The van der Waals surface area contributed by atoms with Crippen molar-refractivity contribution < 1.29 is 81.7 Å². The lowest BCUT2D eigenvalue weighted by molar-refractivity contribution is -0.216. The Labute approximate surface area is 405 Å². The van der Waals surface area contributed by atoms with Gasteiger partial charge in [-0.25, -0.2) is 9.13 Å². The monoisotopic (exact) mass is 1010 g/mol. The molecule has 1 saturated carbocycles. The molecule has 5 unspecified atom stereocenters. The summed E-state index contributed by atoms with van der Waals surface area (Å²) in [7, 11) is -10.7. The molecule has 1 aliphatic rings. The highest BCUT2D eigenvalue weighted by atomic mass is 31.2. The Balaban J connectivity index is 2.63. The molecule has 0 aromatic heterocycles. The van der Waals surface area contributed by atoms with Gasteiger partial charge in [0.1, 0.15) is 43.2 Å². The molecule has 7 N–H and O–H groups in total. The summed E-state index contributed by atoms with van der Waals surface area (Å²) in [5.74, 6) is -1.19. The Morgan fingerprint density at radius 3 is 1.62 bits per heavy atom. The van der Waals surface area contributed by atoms with Crippen molar-refractivity contribution in [3.63, 3.8) is 0 Å². The van der Waals surface area contributed by atoms with Crippen molar-refractivity contribution in [2.75, 3.05) is 13.2 Å². The smallest absolute Gasteiger partial charge is 0.462 e. The number of ether oxygens (including phenoxy) is 2. The van der Waals surface area contributed by atoms with Gasteiger partial charge in [-0.2, -0.15) is 0 Å². The van der Waals surface area contributed by atoms with Crippen LogP contribution in [-0.2, 0) is 46.6 Å². The number of rotatable bonds is 41. The van der Waals surface area contributed by atoms with Crippen LogP contribution in [0, 0.1) is 0 Å². The van der Waals surface area contributed by atoms with Crippen LogP contribution in [0.3, 0.4) is 0 Å². The largest absolute Gasteiger partial charge is 0.472 e. The van der Waals surface area contributed by atoms with Crippen LogP contribution in [0.4, 0.5) is 0 Å². The number of esters is 2. The fraction of sp³-hybridized carbons (Fsp3) is 0.735. The lowest BCUT2D eigenvalue weighted by Gasteiger charge is -2.43. The topological polar surface area (TPSA) is 273 Å². The summed E-state index contributed by atoms with van der Waals surface area (Å²) in [5, 5.41) is 41.3. The minimum atomic E-state index is -5.38. The van der Waals surface area contributed by atoms with E-state index in [0.29, 0.717) is 38.5 Å². The molecule has 1 fully saturated rings. The number of aliphatic hydroxyl groups excluding tert-OH is 4. The van der Waals surface area contributed by atoms with Crippen molar-refractivity contribution in [3.8, 4) is 0 Å². The van der Waals surface area contributed by atoms with E-state index in [2.05, 4.69) is 30.5 Å². The summed E-state index contributed by atoms with van der Waals surface area (Å²) in [5.41, 5.74) is 0. The van der Waals surface area contributed by atoms with Gasteiger partial charge in [0.25, 0.3) is 0 Å². The number of unbranched alkanes of at least 4 members (excludes halogenated alkanes) is 16. The molecule has 0 radical (unpaired) electrons. The average Bonchev–Trinajstić information content (AvgIpc) is 3.29. The predicted octanol–water partition coefficient (Wildman–Crippen LogP) is 9.02. The second kappa shape index (κ2) is 39.0. The van der Waals surface area contributed by atoms with E-state index in [-0.39, 0.29) is 18.6 Å². The van der Waals surface area contributed by atoms with E-state index in [0.717, 1.165) is 70.6 Å². The first kappa shape index (κ1) is 63.4. The number of hydrogen-bond acceptors (Lipinski definition) is 14. The van der Waals surface area contributed by atoms with Gasteiger partial charge in [0.05, 0.1) is 6.61 Å². The average molecular weight is 1010 g/mol. The summed E-state index contributed by atoms with van der Waals surface area (Å²) in [6.07, 6.45) is 27.3. The molecule has 392 valence electrons. The molecule has 0 saturated heterocycles. The lowest BCUT2D eigenvalue weighted by Crippen LogP contribution is -2.64. The molecule has 0 heterocycles. The van der Waals surface area contributed by atoms with Gasteiger partial charge in [-0.1, -0.05) is 146 Å². The minimum absolute atomic E-state index is 0.0606. The second-order valence-corrected chi connectivity index (χ2v) is 19.8. The first-order valence-electron chi connectivity index (χ1n) is 24.8. The van der Waals surface area contributed by atoms with Gasteiger partial charge in [-0.15, -0.1) is 0 Å². The summed E-state index contributed by atoms with van der Waals surface area (Å²) in [6.45, 7) is 2.90. The SMILES string of the molecule is CCCCCCCC/C=C\CCCCCCCCCC(=O)OC[C@H](COP(=O)(O)O[C@H]1C(O)C(O)C(O)[C@@H](OP(=O)(O)O)C1O)OC(=O)CCC/C=C\C/C=C\C/C=C\C=C\C(=O)CCCCC. The van der Waals surface area contributed by atoms with Crippen molar-refractivity contribution in [2.45, 2.75) is 217 Å². The van der Waals surface area contributed by atoms with Crippen LogP contribution in [0.25, 0.3) is 0 Å². The van der Waals surface area contributed by atoms with Gasteiger partial charge in [0.15, 0.2) is 11.9 Å². The van der Waals surface area contributed by atoms with Crippen molar-refractivity contribution >= 4 is 33.4 Å². The van der Waals surface area contributed by atoms with Crippen molar-refractivity contribution in [1.29, 1.82) is 0 Å². The van der Waals surface area contributed by atoms with E-state index in [4.69, 9.17) is 18.5 Å². The molecule has 0 amide bonds. The number of carbonyl (C=O) groups is 3. The summed E-state index contributed by atoms with van der Waals surface area (Å²) >= 11 is 0. The Bertz CT molecular complexity index is 1610. The number of hydrogen-bond donors (Lipinski definition) is 7. The third-order valence-electron chi connectivity index (χ3n) is 11.0. The van der Waals surface area contributed by atoms with Gasteiger partial charge in [0, 0.05) is 19.3 Å². The molecular weight excluding hydrogens is 922 g/mol. The van der Waals surface area contributed by atoms with E-state index in [1.54, 1.807) is 12.2 Å². The quantitative estimate of drug-likeness (QED) is 0.00751. The van der Waals surface area contributed by atoms with Gasteiger partial charge in [-0.05, 0) is 70.3 Å². The summed E-state index contributed by atoms with van der Waals surface area (Å²) < 4.78 is 49.3. The molecular formula is C49H84O17P2. The van der Waals surface area contributed by atoms with E-state index in [9.17, 15) is 58.6 Å². The summed E-state index contributed by atoms with van der Waals surface area (Å²) in [6, 6.07) is 0. The maximum Gasteiger partial charge on any atom is 0.472 e. The molecule has 17 nitrogen and oxygen atoms in total. The molecule has 68 heavy (non-hydrogen) atoms. The van der Waals surface area contributed by atoms with Crippen LogP contribution < -0.4 is 0 Å². The molecule has 0 spiro atoms. The lowest BCUT2D eigenvalue weighted by atomic mass is 9.85. The number of phosphoric ester groups is 2. The molecule has 0 aromatic rings. The third kappa shape index (κ3) is 33.0. The van der Waals surface area contributed by atoms with Gasteiger partial charge in [-0.3, -0.25) is 28.0 Å². The number of carbonyl (C=O) groups excluding carboxylic acids is 3. The summed E-state index contributed by atoms with van der Waals surface area (Å²) in [4.78, 5) is 66.1. The Kier molecular flexibility index (Phi) is 36.4. The van der Waals surface area contributed by atoms with Crippen LogP contribution in [-0.4, -0.2) is 109 Å². The molecule has 1 aliphatic carbocycles. The Morgan fingerprint density at radius 1 is 0.515 bits per heavy atom. The molecule has 8 atom stereocenters. The van der Waals surface area contributed by atoms with Crippen LogP contribution >= 0.6 is 15.6 Å². The Morgan fingerprint density at radius 2 is 1.00 bits per heavy atom. The highest BCUT2D eigenvalue weighted by molar-refractivity contribution is 7.47. The second-order valence-electron chi connectivity index (χ2n) is 17.2. The first-order chi connectivity index (χ1) is 32.5. The maximum absolute atomic E-state index is 13.0. The number of phosphoric acid groups is 2. The van der Waals surface area contributed by atoms with Crippen LogP contribution in [0.1, 0.15) is 174 Å². The highest BCUT2D eigenvalue weighted by Gasteiger charge is 2.54. The predicted molar refractivity (Wildman–Crippen MR) is 260 cm³/mol. The van der Waals surface area contributed by atoms with Gasteiger partial charge in [0.2, 0.25) is 0 Å². The van der Waals surface area contributed by atoms with Crippen LogP contribution in [0.15, 0.2) is 60.8 Å². The molecule has 0 aromatic carbocycles. The van der Waals surface area contributed by atoms with Gasteiger partial charge < -0.3 is 44.6 Å². The normalized spacial score (nSPS) is 21.7. The molecule has 19 heteroatoms.